The van der Waals surface area contributed by atoms with Crippen molar-refractivity contribution in [1.29, 1.82) is 0 Å². The van der Waals surface area contributed by atoms with Gasteiger partial charge in [0.1, 0.15) is 18.0 Å². The van der Waals surface area contributed by atoms with Gasteiger partial charge in [0, 0.05) is 44.2 Å². The van der Waals surface area contributed by atoms with Gasteiger partial charge < -0.3 is 35.6 Å². The van der Waals surface area contributed by atoms with Crippen LogP contribution >= 0.6 is 0 Å². The number of nitrogens with one attached hydrogen (secondary N) is 4. The van der Waals surface area contributed by atoms with Gasteiger partial charge in [-0.15, -0.1) is 0 Å². The topological polar surface area (TPSA) is 182 Å². The monoisotopic (exact) mass is 690 g/mol. The van der Waals surface area contributed by atoms with Crippen LogP contribution in [0.4, 0.5) is 22.4 Å². The predicted octanol–water partition coefficient (Wildman–Crippen LogP) is 3.43. The van der Waals surface area contributed by atoms with Gasteiger partial charge in [0.15, 0.2) is 17.0 Å². The number of hydrogen-bond acceptors (Lipinski definition) is 10. The molecule has 2 aromatic carbocycles. The number of imidazole rings is 1. The molecule has 5 atom stereocenters. The number of amides is 3. The molecule has 4 heterocycles. The number of hydrogen-bond donors (Lipinski definition) is 6. The first-order valence-electron chi connectivity index (χ1n) is 17.3. The van der Waals surface area contributed by atoms with Gasteiger partial charge in [-0.05, 0) is 36.1 Å². The molecule has 51 heavy (non-hydrogen) atoms. The number of aromatic nitrogens is 5. The van der Waals surface area contributed by atoms with Crippen LogP contribution in [0.1, 0.15) is 49.3 Å². The molecule has 2 fully saturated rings. The van der Waals surface area contributed by atoms with Gasteiger partial charge in [0.25, 0.3) is 0 Å². The van der Waals surface area contributed by atoms with Crippen molar-refractivity contribution in [3.63, 3.8) is 0 Å². The summed E-state index contributed by atoms with van der Waals surface area (Å²) in [5.74, 6) is 1.24. The lowest BCUT2D eigenvalue weighted by molar-refractivity contribution is -0.122. The lowest BCUT2D eigenvalue weighted by Gasteiger charge is -2.22. The van der Waals surface area contributed by atoms with Gasteiger partial charge in [0.2, 0.25) is 11.9 Å². The van der Waals surface area contributed by atoms with Crippen LogP contribution in [0.2, 0.25) is 0 Å². The Morgan fingerprint density at radius 2 is 1.63 bits per heavy atom. The number of nitrogens with zero attached hydrogens (tertiary/aromatic N) is 6. The summed E-state index contributed by atoms with van der Waals surface area (Å²) in [5, 5.41) is 34.3. The number of rotatable bonds is 11. The second kappa shape index (κ2) is 15.1. The van der Waals surface area contributed by atoms with Crippen molar-refractivity contribution in [2.45, 2.75) is 62.4 Å². The van der Waals surface area contributed by atoms with Crippen LogP contribution in [-0.4, -0.2) is 90.6 Å². The van der Waals surface area contributed by atoms with E-state index in [1.54, 1.807) is 42.2 Å². The summed E-state index contributed by atoms with van der Waals surface area (Å²) in [5.41, 5.74) is 3.30. The summed E-state index contributed by atoms with van der Waals surface area (Å²) in [4.78, 5) is 45.8. The lowest BCUT2D eigenvalue weighted by Crippen LogP contribution is -2.42. The van der Waals surface area contributed by atoms with E-state index < -0.39 is 24.3 Å². The highest BCUT2D eigenvalue weighted by molar-refractivity contribution is 5.88. The Hall–Kier alpha value is -5.60. The van der Waals surface area contributed by atoms with Crippen LogP contribution in [0, 0.1) is 0 Å². The van der Waals surface area contributed by atoms with E-state index in [1.807, 2.05) is 41.3 Å². The molecule has 3 amide bonds. The second-order valence-corrected chi connectivity index (χ2v) is 13.0. The molecule has 1 aliphatic heterocycles. The van der Waals surface area contributed by atoms with Gasteiger partial charge in [0.05, 0.1) is 18.4 Å². The van der Waals surface area contributed by atoms with Crippen molar-refractivity contribution < 1.29 is 19.8 Å². The van der Waals surface area contributed by atoms with Crippen LogP contribution in [0.5, 0.6) is 0 Å². The van der Waals surface area contributed by atoms with Gasteiger partial charge in [-0.3, -0.25) is 10.1 Å². The minimum Gasteiger partial charge on any atom is -0.388 e. The van der Waals surface area contributed by atoms with E-state index in [2.05, 4.69) is 50.5 Å². The molecule has 1 aliphatic carbocycles. The van der Waals surface area contributed by atoms with Crippen LogP contribution in [0.15, 0.2) is 91.4 Å². The summed E-state index contributed by atoms with van der Waals surface area (Å²) in [6.07, 6.45) is 2.17. The standard InChI is InChI=1S/C37H42N10O4/c1-2-30(48)42-27-19-28(33(50)32(27)49)47-22-40-31-34(39-20-26(23-11-5-3-6-12-23)24-13-7-4-8-14-24)44-36(45-35(31)47)46-18-16-25(21-46)41-37(51)43-29-15-9-10-17-38-29/h3-15,17,22,25-28,32-33,49-50H,2,16,18-21H2,1H3,(H,42,48)(H,39,44,45)(H2,38,41,43,51)/t25-,27-,28+,32+,33-/m0/s1. The van der Waals surface area contributed by atoms with Gasteiger partial charge in [-0.2, -0.15) is 9.97 Å². The Labute approximate surface area is 295 Å². The molecule has 6 N–H and O–H groups in total. The first-order valence-corrected chi connectivity index (χ1v) is 17.3. The summed E-state index contributed by atoms with van der Waals surface area (Å²) >= 11 is 0. The smallest absolute Gasteiger partial charge is 0.320 e. The van der Waals surface area contributed by atoms with E-state index in [1.165, 1.54) is 0 Å². The molecule has 5 aromatic rings. The SMILES string of the molecule is CCC(=O)N[C@H]1C[C@@H](n2cnc3c(NCC(c4ccccc4)c4ccccc4)nc(N4CC[C@H](NC(=O)Nc5ccccn5)C4)nc32)[C@H](O)[C@@H]1O. The van der Waals surface area contributed by atoms with E-state index in [-0.39, 0.29) is 30.3 Å². The summed E-state index contributed by atoms with van der Waals surface area (Å²) < 4.78 is 1.77. The zero-order valence-electron chi connectivity index (χ0n) is 28.3. The third-order valence-corrected chi connectivity index (χ3v) is 9.68. The molecular weight excluding hydrogens is 648 g/mol. The molecule has 0 radical (unpaired) electrons. The number of aliphatic hydroxyl groups excluding tert-OH is 2. The molecule has 3 aromatic heterocycles. The summed E-state index contributed by atoms with van der Waals surface area (Å²) in [6, 6.07) is 24.1. The van der Waals surface area contributed by atoms with Crippen molar-refractivity contribution in [1.82, 2.24) is 35.1 Å². The maximum absolute atomic E-state index is 12.7. The van der Waals surface area contributed by atoms with E-state index in [4.69, 9.17) is 15.0 Å². The van der Waals surface area contributed by atoms with Gasteiger partial charge >= 0.3 is 6.03 Å². The first kappa shape index (κ1) is 33.9. The molecule has 0 spiro atoms. The van der Waals surface area contributed by atoms with E-state index in [9.17, 15) is 19.8 Å². The normalized spacial score (nSPS) is 21.6. The maximum Gasteiger partial charge on any atom is 0.320 e. The Balaban J connectivity index is 1.19. The molecule has 0 unspecified atom stereocenters. The molecule has 2 aliphatic rings. The minimum atomic E-state index is -1.15. The summed E-state index contributed by atoms with van der Waals surface area (Å²) in [7, 11) is 0. The Morgan fingerprint density at radius 3 is 2.31 bits per heavy atom. The third kappa shape index (κ3) is 7.47. The third-order valence-electron chi connectivity index (χ3n) is 9.68. The number of urea groups is 1. The largest absolute Gasteiger partial charge is 0.388 e. The van der Waals surface area contributed by atoms with Crippen molar-refractivity contribution in [3.8, 4) is 0 Å². The molecule has 1 saturated carbocycles. The molecule has 264 valence electrons. The number of anilines is 3. The first-order chi connectivity index (χ1) is 24.9. The number of fused-ring (bicyclic) bond motifs is 1. The number of carbonyl (C=O) groups excluding carboxylic acids is 2. The van der Waals surface area contributed by atoms with Crippen molar-refractivity contribution >= 4 is 40.7 Å². The number of benzene rings is 2. The highest BCUT2D eigenvalue weighted by atomic mass is 16.3. The average molecular weight is 691 g/mol. The van der Waals surface area contributed by atoms with Crippen LogP contribution in [0.3, 0.4) is 0 Å². The minimum absolute atomic E-state index is 0.00988. The molecule has 14 heteroatoms. The number of aliphatic hydroxyl groups is 2. The van der Waals surface area contributed by atoms with Crippen LogP contribution in [0.25, 0.3) is 11.2 Å². The zero-order chi connectivity index (χ0) is 35.3. The van der Waals surface area contributed by atoms with Crippen molar-refractivity contribution in [3.05, 3.63) is 103 Å². The Kier molecular flexibility index (Phi) is 10.0. The quantitative estimate of drug-likeness (QED) is 0.120. The molecule has 7 rings (SSSR count). The van der Waals surface area contributed by atoms with E-state index in [0.29, 0.717) is 61.2 Å². The average Bonchev–Trinajstić information content (AvgIpc) is 3.87. The zero-order valence-corrected chi connectivity index (χ0v) is 28.3. The lowest BCUT2D eigenvalue weighted by atomic mass is 9.91. The number of pyridine rings is 1. The molecular formula is C37H42N10O4. The van der Waals surface area contributed by atoms with Crippen LogP contribution < -0.4 is 26.2 Å². The maximum atomic E-state index is 12.7. The van der Waals surface area contributed by atoms with Crippen molar-refractivity contribution in [2.24, 2.45) is 0 Å². The highest BCUT2D eigenvalue weighted by Gasteiger charge is 2.44. The fraction of sp³-hybridized carbons (Fsp3) is 0.351. The van der Waals surface area contributed by atoms with E-state index in [0.717, 1.165) is 11.1 Å². The van der Waals surface area contributed by atoms with Crippen molar-refractivity contribution in [2.75, 3.05) is 35.2 Å². The Morgan fingerprint density at radius 1 is 0.902 bits per heavy atom. The van der Waals surface area contributed by atoms with Gasteiger partial charge in [-0.1, -0.05) is 73.7 Å². The fourth-order valence-electron chi connectivity index (χ4n) is 6.98. The second-order valence-electron chi connectivity index (χ2n) is 13.0. The highest BCUT2D eigenvalue weighted by Crippen LogP contribution is 2.35. The van der Waals surface area contributed by atoms with E-state index >= 15 is 0 Å². The predicted molar refractivity (Wildman–Crippen MR) is 193 cm³/mol. The summed E-state index contributed by atoms with van der Waals surface area (Å²) in [6.45, 7) is 3.33. The fourth-order valence-corrected chi connectivity index (χ4v) is 6.98. The molecule has 0 bridgehead atoms. The van der Waals surface area contributed by atoms with Gasteiger partial charge in [-0.25, -0.2) is 14.8 Å². The molecule has 1 saturated heterocycles. The molecule has 14 nitrogen and oxygen atoms in total. The van der Waals surface area contributed by atoms with Crippen LogP contribution in [-0.2, 0) is 4.79 Å². The number of carbonyl (C=O) groups is 2. The Bertz CT molecular complexity index is 1910.